The Morgan fingerprint density at radius 3 is 2.63 bits per heavy atom. The van der Waals surface area contributed by atoms with Crippen molar-refractivity contribution in [2.24, 2.45) is 10.9 Å². The fourth-order valence-corrected chi connectivity index (χ4v) is 4.40. The number of thioether (sulfide) groups is 1. The molecule has 2 aliphatic heterocycles. The van der Waals surface area contributed by atoms with E-state index in [1.807, 2.05) is 0 Å². The molecular formula is C18H18N4O7S. The summed E-state index contributed by atoms with van der Waals surface area (Å²) in [5.74, 6) is -2.38. The maximum atomic E-state index is 12.7. The van der Waals surface area contributed by atoms with Gasteiger partial charge in [-0.3, -0.25) is 14.5 Å². The number of carboxylic acids is 1. The highest BCUT2D eigenvalue weighted by atomic mass is 32.2. The molecule has 0 radical (unpaired) electrons. The van der Waals surface area contributed by atoms with Gasteiger partial charge in [0.1, 0.15) is 30.8 Å². The second kappa shape index (κ2) is 8.86. The Bertz CT molecular complexity index is 947. The van der Waals surface area contributed by atoms with Gasteiger partial charge in [0.05, 0.1) is 0 Å². The molecule has 0 saturated carbocycles. The maximum absolute atomic E-state index is 12.7. The van der Waals surface area contributed by atoms with Crippen LogP contribution in [0.5, 0.6) is 0 Å². The minimum absolute atomic E-state index is 0.0188. The Morgan fingerprint density at radius 1 is 1.33 bits per heavy atom. The zero-order valence-electron chi connectivity index (χ0n) is 15.7. The van der Waals surface area contributed by atoms with E-state index >= 15 is 0 Å². The molecule has 1 saturated heterocycles. The lowest BCUT2D eigenvalue weighted by Gasteiger charge is -2.49. The van der Waals surface area contributed by atoms with Gasteiger partial charge in [-0.2, -0.15) is 0 Å². The van der Waals surface area contributed by atoms with Gasteiger partial charge < -0.3 is 25.7 Å². The first kappa shape index (κ1) is 21.2. The molecule has 0 aromatic heterocycles. The first-order valence-electron chi connectivity index (χ1n) is 8.64. The van der Waals surface area contributed by atoms with Crippen molar-refractivity contribution < 1.29 is 33.9 Å². The second-order valence-electron chi connectivity index (χ2n) is 6.21. The van der Waals surface area contributed by atoms with E-state index in [2.05, 4.69) is 15.2 Å². The summed E-state index contributed by atoms with van der Waals surface area (Å²) < 4.78 is 4.67. The lowest BCUT2D eigenvalue weighted by molar-refractivity contribution is -0.150. The summed E-state index contributed by atoms with van der Waals surface area (Å²) in [6, 6.07) is 7.61. The first-order chi connectivity index (χ1) is 14.3. The van der Waals surface area contributed by atoms with Crippen molar-refractivity contribution in [3.05, 3.63) is 47.2 Å². The minimum atomic E-state index is -1.34. The van der Waals surface area contributed by atoms with Crippen LogP contribution in [0.2, 0.25) is 0 Å². The number of carboxylic acid groups (broad SMARTS) is 1. The number of nitrogens with two attached hydrogens (primary N) is 1. The zero-order chi connectivity index (χ0) is 21.8. The average Bonchev–Trinajstić information content (AvgIpc) is 2.73. The van der Waals surface area contributed by atoms with Gasteiger partial charge in [-0.05, 0) is 0 Å². The largest absolute Gasteiger partial charge is 0.477 e. The molecule has 12 heteroatoms. The van der Waals surface area contributed by atoms with E-state index in [9.17, 15) is 24.3 Å². The van der Waals surface area contributed by atoms with Crippen molar-refractivity contribution in [1.82, 2.24) is 10.2 Å². The predicted octanol–water partition coefficient (Wildman–Crippen LogP) is -0.129. The number of rotatable bonds is 7. The molecule has 1 fully saturated rings. The SMILES string of the molecule is CON=C(C(=O)N[C@@H]1C(=O)N2C(C(=O)O)=C(COC(N)=O)CS[C@H]12)c1ccccc1. The van der Waals surface area contributed by atoms with E-state index in [1.54, 1.807) is 30.3 Å². The number of hydrogen-bond acceptors (Lipinski definition) is 8. The highest BCUT2D eigenvalue weighted by Crippen LogP contribution is 2.40. The standard InChI is InChI=1S/C18H18N4O7S/c1-28-21-11(9-5-3-2-4-6-9)14(23)20-12-15(24)22-13(17(25)26)10(7-29-18(19)27)8-30-16(12)22/h2-6,12,16H,7-8H2,1H3,(H2,19,27)(H,20,23)(H,25,26)/t12-,16-/m1/s1. The number of carbonyl (C=O) groups is 4. The van der Waals surface area contributed by atoms with Gasteiger partial charge in [0.2, 0.25) is 0 Å². The Hall–Kier alpha value is -3.54. The first-order valence-corrected chi connectivity index (χ1v) is 9.69. The highest BCUT2D eigenvalue weighted by molar-refractivity contribution is 8.00. The summed E-state index contributed by atoms with van der Waals surface area (Å²) in [4.78, 5) is 53.7. The lowest BCUT2D eigenvalue weighted by Crippen LogP contribution is -2.71. The molecule has 4 N–H and O–H groups in total. The molecule has 0 spiro atoms. The van der Waals surface area contributed by atoms with Crippen LogP contribution in [0.25, 0.3) is 0 Å². The number of primary amides is 1. The lowest BCUT2D eigenvalue weighted by atomic mass is 10.0. The van der Waals surface area contributed by atoms with Gasteiger partial charge in [-0.1, -0.05) is 35.5 Å². The average molecular weight is 434 g/mol. The van der Waals surface area contributed by atoms with Crippen molar-refractivity contribution in [1.29, 1.82) is 0 Å². The van der Waals surface area contributed by atoms with Crippen molar-refractivity contribution in [3.8, 4) is 0 Å². The number of nitrogens with one attached hydrogen (secondary N) is 1. The van der Waals surface area contributed by atoms with Crippen LogP contribution in [-0.2, 0) is 24.0 Å². The highest BCUT2D eigenvalue weighted by Gasteiger charge is 2.54. The van der Waals surface area contributed by atoms with Crippen LogP contribution in [0.15, 0.2) is 46.8 Å². The zero-order valence-corrected chi connectivity index (χ0v) is 16.5. The fourth-order valence-electron chi connectivity index (χ4n) is 3.07. The molecule has 11 nitrogen and oxygen atoms in total. The van der Waals surface area contributed by atoms with Gasteiger partial charge in [0.25, 0.3) is 11.8 Å². The normalized spacial score (nSPS) is 20.8. The van der Waals surface area contributed by atoms with Crippen LogP contribution in [0.4, 0.5) is 4.79 Å². The number of benzene rings is 1. The third-order valence-corrected chi connectivity index (χ3v) is 5.71. The molecule has 3 amide bonds. The van der Waals surface area contributed by atoms with Gasteiger partial charge in [0.15, 0.2) is 5.71 Å². The summed E-state index contributed by atoms with van der Waals surface area (Å²) in [5.41, 5.74) is 5.37. The molecule has 0 bridgehead atoms. The van der Waals surface area contributed by atoms with Crippen LogP contribution >= 0.6 is 11.8 Å². The number of nitrogens with zero attached hydrogens (tertiary/aromatic N) is 2. The number of hydrogen-bond donors (Lipinski definition) is 3. The van der Waals surface area contributed by atoms with E-state index in [4.69, 9.17) is 10.6 Å². The quantitative estimate of drug-likeness (QED) is 0.304. The topological polar surface area (TPSA) is 161 Å². The van der Waals surface area contributed by atoms with Crippen LogP contribution < -0.4 is 11.1 Å². The van der Waals surface area contributed by atoms with E-state index in [1.165, 1.54) is 18.9 Å². The molecule has 158 valence electrons. The number of amides is 3. The maximum Gasteiger partial charge on any atom is 0.404 e. The van der Waals surface area contributed by atoms with Crippen LogP contribution in [0.1, 0.15) is 5.56 Å². The molecule has 3 rings (SSSR count). The fraction of sp³-hybridized carbons (Fsp3) is 0.278. The summed E-state index contributed by atoms with van der Waals surface area (Å²) in [6.07, 6.45) is -1.05. The van der Waals surface area contributed by atoms with Crippen LogP contribution in [-0.4, -0.2) is 70.5 Å². The number of oxime groups is 1. The molecule has 1 aromatic carbocycles. The summed E-state index contributed by atoms with van der Waals surface area (Å²) in [5, 5.41) is 15.2. The number of aliphatic carboxylic acids is 1. The molecule has 1 aromatic rings. The minimum Gasteiger partial charge on any atom is -0.477 e. The van der Waals surface area contributed by atoms with Crippen molar-refractivity contribution in [2.45, 2.75) is 11.4 Å². The Balaban J connectivity index is 1.77. The van der Waals surface area contributed by atoms with Gasteiger partial charge in [-0.15, -0.1) is 11.8 Å². The van der Waals surface area contributed by atoms with Crippen molar-refractivity contribution in [3.63, 3.8) is 0 Å². The third-order valence-electron chi connectivity index (χ3n) is 4.37. The number of ether oxygens (including phenoxy) is 1. The molecule has 2 heterocycles. The number of β-lactam (4-membered cyclic amide) rings is 1. The van der Waals surface area contributed by atoms with Gasteiger partial charge in [0, 0.05) is 16.9 Å². The van der Waals surface area contributed by atoms with Crippen LogP contribution in [0.3, 0.4) is 0 Å². The van der Waals surface area contributed by atoms with Crippen molar-refractivity contribution in [2.75, 3.05) is 19.5 Å². The molecule has 2 atom stereocenters. The van der Waals surface area contributed by atoms with Gasteiger partial charge in [-0.25, -0.2) is 9.59 Å². The van der Waals surface area contributed by atoms with E-state index in [-0.39, 0.29) is 29.3 Å². The molecule has 30 heavy (non-hydrogen) atoms. The van der Waals surface area contributed by atoms with E-state index < -0.39 is 35.3 Å². The number of carbonyl (C=O) groups excluding carboxylic acids is 3. The summed E-state index contributed by atoms with van der Waals surface area (Å²) in [7, 11) is 1.29. The Kier molecular flexibility index (Phi) is 6.26. The molecular weight excluding hydrogens is 416 g/mol. The summed E-state index contributed by atoms with van der Waals surface area (Å²) in [6.45, 7) is -0.337. The Morgan fingerprint density at radius 2 is 2.03 bits per heavy atom. The summed E-state index contributed by atoms with van der Waals surface area (Å²) >= 11 is 1.23. The monoisotopic (exact) mass is 434 g/mol. The molecule has 0 unspecified atom stereocenters. The van der Waals surface area contributed by atoms with E-state index in [0.717, 1.165) is 4.90 Å². The van der Waals surface area contributed by atoms with Crippen molar-refractivity contribution >= 4 is 41.4 Å². The Labute approximate surface area is 174 Å². The third kappa shape index (κ3) is 4.08. The van der Waals surface area contributed by atoms with Crippen LogP contribution in [0, 0.1) is 0 Å². The predicted molar refractivity (Wildman–Crippen MR) is 105 cm³/mol. The number of fused-ring (bicyclic) bond motifs is 1. The van der Waals surface area contributed by atoms with E-state index in [0.29, 0.717) is 5.56 Å². The second-order valence-corrected chi connectivity index (χ2v) is 7.32. The molecule has 0 aliphatic carbocycles. The smallest absolute Gasteiger partial charge is 0.404 e. The molecule has 2 aliphatic rings. The van der Waals surface area contributed by atoms with Gasteiger partial charge >= 0.3 is 12.1 Å².